The molecular formula is C49H38Cl6F9O10PS3. The summed E-state index contributed by atoms with van der Waals surface area (Å²) in [6, 6.07) is 31.1. The van der Waals surface area contributed by atoms with Crippen molar-refractivity contribution in [3.8, 4) is 0 Å². The van der Waals surface area contributed by atoms with Crippen molar-refractivity contribution in [3.63, 3.8) is 0 Å². The van der Waals surface area contributed by atoms with E-state index in [1.807, 2.05) is 0 Å². The third-order valence-corrected chi connectivity index (χ3v) is 18.3. The monoisotopic (exact) mass is 1290 g/mol. The van der Waals surface area contributed by atoms with Crippen molar-refractivity contribution in [3.05, 3.63) is 203 Å². The van der Waals surface area contributed by atoms with Gasteiger partial charge in [-0.15, -0.1) is 0 Å². The van der Waals surface area contributed by atoms with Gasteiger partial charge in [-0.1, -0.05) is 124 Å². The lowest BCUT2D eigenvalue weighted by atomic mass is 10.1. The SMILES string of the molecule is CCOP(=O)(CS(=O)(=O)c1ccccc1)OCC.O=C(c1cc(Cl)cc(Cl)c1)C(F)(F)F.O=S(=O)(/C=C(/c1cc(Cl)cc(Cl)c1)C(F)(F)F)c1ccccc1.O=S(=O)(/C=C(\c1cc(Cl)cc(Cl)c1)C(F)(F)F)c1ccccc1. The predicted molar refractivity (Wildman–Crippen MR) is 284 cm³/mol. The third kappa shape index (κ3) is 21.9. The number of hydrogen-bond donors (Lipinski definition) is 0. The van der Waals surface area contributed by atoms with Crippen LogP contribution in [0.4, 0.5) is 39.5 Å². The first-order valence-corrected chi connectivity index (χ1v) is 30.0. The molecule has 0 aliphatic rings. The Labute approximate surface area is 472 Å². The molecule has 0 atom stereocenters. The lowest BCUT2D eigenvalue weighted by Gasteiger charge is -2.16. The van der Waals surface area contributed by atoms with Crippen LogP contribution in [-0.2, 0) is 43.1 Å². The Morgan fingerprint density at radius 1 is 0.449 bits per heavy atom. The van der Waals surface area contributed by atoms with Gasteiger partial charge in [0.1, 0.15) is 0 Å². The minimum atomic E-state index is -4.91. The van der Waals surface area contributed by atoms with E-state index in [1.165, 1.54) is 78.9 Å². The molecule has 29 heteroatoms. The van der Waals surface area contributed by atoms with Gasteiger partial charge in [0.15, 0.2) is 35.0 Å². The summed E-state index contributed by atoms with van der Waals surface area (Å²) >= 11 is 33.7. The molecule has 422 valence electrons. The largest absolute Gasteiger partial charge is 0.454 e. The van der Waals surface area contributed by atoms with E-state index in [2.05, 4.69) is 0 Å². The van der Waals surface area contributed by atoms with Gasteiger partial charge in [0.25, 0.3) is 5.78 Å². The molecule has 6 aromatic carbocycles. The Kier molecular flexibility index (Phi) is 25.1. The lowest BCUT2D eigenvalue weighted by molar-refractivity contribution is -0.0885. The van der Waals surface area contributed by atoms with Crippen LogP contribution in [0.5, 0.6) is 0 Å². The second kappa shape index (κ2) is 28.8. The van der Waals surface area contributed by atoms with Crippen LogP contribution in [0.3, 0.4) is 0 Å². The Morgan fingerprint density at radius 2 is 0.718 bits per heavy atom. The maximum absolute atomic E-state index is 13.3. The summed E-state index contributed by atoms with van der Waals surface area (Å²) in [7, 11) is -15.8. The van der Waals surface area contributed by atoms with Crippen LogP contribution in [0, 0.1) is 0 Å². The Balaban J connectivity index is 0.000000278. The summed E-state index contributed by atoms with van der Waals surface area (Å²) in [5.41, 5.74) is -4.72. The molecular weight excluding hydrogens is 1260 g/mol. The molecule has 0 heterocycles. The second-order valence-corrected chi connectivity index (χ2v) is 25.8. The predicted octanol–water partition coefficient (Wildman–Crippen LogP) is 17.2. The molecule has 0 unspecified atom stereocenters. The van der Waals surface area contributed by atoms with E-state index in [0.717, 1.165) is 36.4 Å². The average Bonchev–Trinajstić information content (AvgIpc) is 3.32. The number of ketones is 1. The fourth-order valence-corrected chi connectivity index (χ4v) is 14.3. The van der Waals surface area contributed by atoms with Crippen molar-refractivity contribution in [1.82, 2.24) is 0 Å². The molecule has 0 aliphatic heterocycles. The second-order valence-electron chi connectivity index (χ2n) is 15.1. The number of hydrogen-bond acceptors (Lipinski definition) is 10. The molecule has 0 spiro atoms. The number of carbonyl (C=O) groups excluding carboxylic acids is 1. The van der Waals surface area contributed by atoms with Crippen LogP contribution < -0.4 is 0 Å². The zero-order chi connectivity index (χ0) is 59.1. The van der Waals surface area contributed by atoms with Gasteiger partial charge in [0, 0.05) is 46.5 Å². The van der Waals surface area contributed by atoms with Crippen molar-refractivity contribution in [2.75, 3.05) is 18.7 Å². The van der Waals surface area contributed by atoms with Gasteiger partial charge in [-0.3, -0.25) is 9.36 Å². The van der Waals surface area contributed by atoms with Crippen molar-refractivity contribution in [1.29, 1.82) is 0 Å². The standard InChI is InChI=1S/2C15H9Cl2F3O2S.C11H17O5PS.C8H3Cl2F3O/c2*16-11-6-10(7-12(17)8-11)14(15(18,19)20)9-23(21,22)13-4-2-1-3-5-13;1-3-15-17(12,16-4-2)10-18(13,14)11-8-6-5-7-9-11;9-5-1-4(2-6(10)3-5)7(14)8(11,12)13/h2*1-9H;5-9H,3-4,10H2,1-2H3;1-3H/b14-9+;14-9-;;. The highest BCUT2D eigenvalue weighted by Gasteiger charge is 2.40. The minimum absolute atomic E-state index is 0.00917. The van der Waals surface area contributed by atoms with Crippen LogP contribution in [0.25, 0.3) is 11.1 Å². The number of carbonyl (C=O) groups is 1. The number of Topliss-reactive ketones (excluding diaryl/α,β-unsaturated/α-hetero) is 1. The number of allylic oxidation sites excluding steroid dienone is 2. The summed E-state index contributed by atoms with van der Waals surface area (Å²) in [5, 5.41) is 0.239. The van der Waals surface area contributed by atoms with Crippen molar-refractivity contribution in [2.45, 2.75) is 47.1 Å². The average molecular weight is 1300 g/mol. The van der Waals surface area contributed by atoms with E-state index in [-0.39, 0.29) is 68.9 Å². The molecule has 6 rings (SSSR count). The number of halogens is 15. The zero-order valence-electron chi connectivity index (χ0n) is 39.6. The molecule has 0 aliphatic carbocycles. The third-order valence-electron chi connectivity index (χ3n) is 9.11. The van der Waals surface area contributed by atoms with Crippen molar-refractivity contribution < 1.29 is 83.2 Å². The Hall–Kier alpha value is -4.42. The van der Waals surface area contributed by atoms with Gasteiger partial charge in [-0.25, -0.2) is 25.3 Å². The maximum atomic E-state index is 13.3. The van der Waals surface area contributed by atoms with Crippen LogP contribution in [0.2, 0.25) is 30.1 Å². The highest BCUT2D eigenvalue weighted by atomic mass is 35.5. The molecule has 0 aromatic heterocycles. The lowest BCUT2D eigenvalue weighted by Crippen LogP contribution is -2.22. The van der Waals surface area contributed by atoms with Crippen LogP contribution in [-0.4, -0.2) is 68.3 Å². The quantitative estimate of drug-likeness (QED) is 0.0584. The van der Waals surface area contributed by atoms with E-state index < -0.39 is 94.8 Å². The highest BCUT2D eigenvalue weighted by Crippen LogP contribution is 2.50. The summed E-state index contributed by atoms with van der Waals surface area (Å²) in [5.74, 6) is -1.96. The Morgan fingerprint density at radius 3 is 0.974 bits per heavy atom. The smallest absolute Gasteiger partial charge is 0.308 e. The van der Waals surface area contributed by atoms with Gasteiger partial charge in [0.05, 0.1) is 39.0 Å². The summed E-state index contributed by atoms with van der Waals surface area (Å²) in [6.45, 7) is 3.56. The van der Waals surface area contributed by atoms with Crippen molar-refractivity contribution >= 4 is 124 Å². The van der Waals surface area contributed by atoms with Crippen LogP contribution in [0.15, 0.2) is 171 Å². The number of rotatable bonds is 14. The highest BCUT2D eigenvalue weighted by molar-refractivity contribution is 7.97. The first kappa shape index (κ1) is 67.9. The van der Waals surface area contributed by atoms with Gasteiger partial charge in [-0.2, -0.15) is 39.5 Å². The van der Waals surface area contributed by atoms with E-state index in [0.29, 0.717) is 0 Å². The molecule has 0 saturated heterocycles. The molecule has 0 fully saturated rings. The molecule has 0 amide bonds. The van der Waals surface area contributed by atoms with Crippen LogP contribution >= 0.6 is 77.2 Å². The van der Waals surface area contributed by atoms with E-state index in [4.69, 9.17) is 78.7 Å². The van der Waals surface area contributed by atoms with Gasteiger partial charge in [-0.05, 0) is 116 Å². The molecule has 0 N–H and O–H groups in total. The fourth-order valence-electron chi connectivity index (χ4n) is 5.95. The van der Waals surface area contributed by atoms with Crippen molar-refractivity contribution in [2.24, 2.45) is 0 Å². The molecule has 0 bridgehead atoms. The molecule has 0 radical (unpaired) electrons. The maximum Gasteiger partial charge on any atom is 0.454 e. The van der Waals surface area contributed by atoms with E-state index in [9.17, 15) is 74.1 Å². The van der Waals surface area contributed by atoms with Gasteiger partial charge < -0.3 is 9.05 Å². The normalized spacial score (nSPS) is 12.7. The first-order chi connectivity index (χ1) is 35.9. The van der Waals surface area contributed by atoms with Crippen LogP contribution in [0.1, 0.15) is 35.3 Å². The Bertz CT molecular complexity index is 3270. The topological polar surface area (TPSA) is 155 Å². The molecule has 6 aromatic rings. The first-order valence-electron chi connectivity index (χ1n) is 21.3. The summed E-state index contributed by atoms with van der Waals surface area (Å²) in [6.07, 6.45) is -14.7. The van der Waals surface area contributed by atoms with Gasteiger partial charge >= 0.3 is 26.1 Å². The van der Waals surface area contributed by atoms with Gasteiger partial charge in [0.2, 0.25) is 0 Å². The molecule has 0 saturated carbocycles. The molecule has 10 nitrogen and oxygen atoms in total. The number of sulfone groups is 3. The van der Waals surface area contributed by atoms with E-state index >= 15 is 0 Å². The summed E-state index contributed by atoms with van der Waals surface area (Å²) < 4.78 is 211. The summed E-state index contributed by atoms with van der Waals surface area (Å²) in [4.78, 5) is 10.4. The number of alkyl halides is 9. The van der Waals surface area contributed by atoms with E-state index in [1.54, 1.807) is 44.2 Å². The zero-order valence-corrected chi connectivity index (χ0v) is 47.4. The number of benzene rings is 6. The minimum Gasteiger partial charge on any atom is -0.308 e. The molecule has 78 heavy (non-hydrogen) atoms. The fraction of sp³-hybridized carbons (Fsp3) is 0.163.